The molecule has 0 saturated heterocycles. The van der Waals surface area contributed by atoms with Gasteiger partial charge in [0.2, 0.25) is 0 Å². The Bertz CT molecular complexity index is 687. The van der Waals surface area contributed by atoms with E-state index in [1.54, 1.807) is 6.20 Å². The summed E-state index contributed by atoms with van der Waals surface area (Å²) < 4.78 is 13.5. The van der Waals surface area contributed by atoms with E-state index in [9.17, 15) is 14.0 Å². The fraction of sp³-hybridized carbons (Fsp3) is 0.154. The predicted molar refractivity (Wildman–Crippen MR) is 76.1 cm³/mol. The number of urea groups is 1. The second-order valence-electron chi connectivity index (χ2n) is 4.15. The molecule has 21 heavy (non-hydrogen) atoms. The number of nitrogens with one attached hydrogen (secondary N) is 2. The second-order valence-corrected chi connectivity index (χ2v) is 5.47. The molecular formula is C13H12FN3O3S. The number of anilines is 1. The first-order valence-electron chi connectivity index (χ1n) is 5.94. The van der Waals surface area contributed by atoms with Gasteiger partial charge in [0, 0.05) is 11.1 Å². The monoisotopic (exact) mass is 309 g/mol. The molecule has 0 aliphatic heterocycles. The van der Waals surface area contributed by atoms with Crippen LogP contribution in [0.2, 0.25) is 0 Å². The van der Waals surface area contributed by atoms with Crippen molar-refractivity contribution < 1.29 is 19.1 Å². The lowest BCUT2D eigenvalue weighted by Gasteiger charge is -2.08. The molecule has 0 fully saturated rings. The Balaban J connectivity index is 1.99. The van der Waals surface area contributed by atoms with E-state index in [0.29, 0.717) is 0 Å². The molecule has 0 saturated carbocycles. The summed E-state index contributed by atoms with van der Waals surface area (Å²) in [6.45, 7) is 2.11. The molecule has 2 aromatic rings. The van der Waals surface area contributed by atoms with Crippen LogP contribution < -0.4 is 10.6 Å². The molecule has 8 heteroatoms. The minimum Gasteiger partial charge on any atom is -0.478 e. The molecule has 1 aromatic carbocycles. The van der Waals surface area contributed by atoms with Gasteiger partial charge < -0.3 is 15.7 Å². The van der Waals surface area contributed by atoms with Gasteiger partial charge in [-0.3, -0.25) is 0 Å². The smallest absolute Gasteiger partial charge is 0.335 e. The number of nitrogens with zero attached hydrogens (tertiary/aromatic N) is 1. The maximum Gasteiger partial charge on any atom is 0.335 e. The van der Waals surface area contributed by atoms with Gasteiger partial charge in [0.05, 0.1) is 22.8 Å². The minimum absolute atomic E-state index is 0.107. The number of carboxylic acid groups (broad SMARTS) is 1. The molecule has 0 atom stereocenters. The fourth-order valence-corrected chi connectivity index (χ4v) is 2.31. The SMILES string of the molecule is Cc1ncc(CNC(=O)Nc2cc(C(=O)O)ccc2F)s1. The van der Waals surface area contributed by atoms with Crippen molar-refractivity contribution in [1.82, 2.24) is 10.3 Å². The summed E-state index contributed by atoms with van der Waals surface area (Å²) in [4.78, 5) is 27.4. The summed E-state index contributed by atoms with van der Waals surface area (Å²) in [5.74, 6) is -1.90. The molecule has 2 rings (SSSR count). The lowest BCUT2D eigenvalue weighted by Crippen LogP contribution is -2.28. The van der Waals surface area contributed by atoms with Crippen LogP contribution in [-0.2, 0) is 6.54 Å². The van der Waals surface area contributed by atoms with Crippen molar-refractivity contribution in [2.45, 2.75) is 13.5 Å². The van der Waals surface area contributed by atoms with E-state index < -0.39 is 17.8 Å². The highest BCUT2D eigenvalue weighted by Gasteiger charge is 2.11. The standard InChI is InChI=1S/C13H12FN3O3S/c1-7-15-5-9(21-7)6-16-13(20)17-11-4-8(12(18)19)2-3-10(11)14/h2-5H,6H2,1H3,(H,18,19)(H2,16,17,20). The van der Waals surface area contributed by atoms with Crippen molar-refractivity contribution in [1.29, 1.82) is 0 Å². The zero-order valence-electron chi connectivity index (χ0n) is 11.0. The summed E-state index contributed by atoms with van der Waals surface area (Å²) in [5, 5.41) is 14.5. The van der Waals surface area contributed by atoms with Gasteiger partial charge >= 0.3 is 12.0 Å². The van der Waals surface area contributed by atoms with Gasteiger partial charge in [-0.05, 0) is 25.1 Å². The van der Waals surface area contributed by atoms with Crippen LogP contribution in [0.15, 0.2) is 24.4 Å². The summed E-state index contributed by atoms with van der Waals surface area (Å²) in [7, 11) is 0. The first-order valence-corrected chi connectivity index (χ1v) is 6.76. The van der Waals surface area contributed by atoms with E-state index in [0.717, 1.165) is 28.1 Å². The molecule has 0 radical (unpaired) electrons. The van der Waals surface area contributed by atoms with E-state index in [4.69, 9.17) is 5.11 Å². The van der Waals surface area contributed by atoms with Crippen LogP contribution in [0.5, 0.6) is 0 Å². The molecule has 1 aromatic heterocycles. The van der Waals surface area contributed by atoms with Crippen molar-refractivity contribution in [2.75, 3.05) is 5.32 Å². The molecule has 6 nitrogen and oxygen atoms in total. The number of aromatic carboxylic acids is 1. The molecule has 0 unspecified atom stereocenters. The van der Waals surface area contributed by atoms with Gasteiger partial charge in [-0.15, -0.1) is 11.3 Å². The van der Waals surface area contributed by atoms with E-state index >= 15 is 0 Å². The van der Waals surface area contributed by atoms with Gasteiger partial charge in [0.15, 0.2) is 0 Å². The molecule has 0 spiro atoms. The van der Waals surface area contributed by atoms with Gasteiger partial charge in [-0.2, -0.15) is 0 Å². The lowest BCUT2D eigenvalue weighted by atomic mass is 10.2. The minimum atomic E-state index is -1.20. The molecule has 110 valence electrons. The molecule has 0 bridgehead atoms. The highest BCUT2D eigenvalue weighted by molar-refractivity contribution is 7.11. The van der Waals surface area contributed by atoms with Gasteiger partial charge in [-0.25, -0.2) is 19.0 Å². The first kappa shape index (κ1) is 14.9. The molecule has 3 N–H and O–H groups in total. The molecular weight excluding hydrogens is 297 g/mol. The highest BCUT2D eigenvalue weighted by Crippen LogP contribution is 2.16. The summed E-state index contributed by atoms with van der Waals surface area (Å²) in [6, 6.07) is 2.56. The number of hydrogen-bond donors (Lipinski definition) is 3. The van der Waals surface area contributed by atoms with E-state index in [2.05, 4.69) is 15.6 Å². The van der Waals surface area contributed by atoms with E-state index in [1.807, 2.05) is 6.92 Å². The molecule has 0 aliphatic rings. The number of carbonyl (C=O) groups excluding carboxylic acids is 1. The van der Waals surface area contributed by atoms with Crippen LogP contribution in [0.4, 0.5) is 14.9 Å². The average Bonchev–Trinajstić information content (AvgIpc) is 2.84. The number of thiazole rings is 1. The maximum atomic E-state index is 13.5. The third kappa shape index (κ3) is 3.99. The Morgan fingerprint density at radius 1 is 1.43 bits per heavy atom. The number of rotatable bonds is 4. The Labute approximate surface area is 123 Å². The molecule has 0 aliphatic carbocycles. The van der Waals surface area contributed by atoms with E-state index in [1.165, 1.54) is 11.3 Å². The van der Waals surface area contributed by atoms with Crippen molar-refractivity contribution in [2.24, 2.45) is 0 Å². The normalized spacial score (nSPS) is 10.2. The number of aromatic nitrogens is 1. The Hall–Kier alpha value is -2.48. The second kappa shape index (κ2) is 6.31. The van der Waals surface area contributed by atoms with E-state index in [-0.39, 0.29) is 17.8 Å². The first-order chi connectivity index (χ1) is 9.95. The fourth-order valence-electron chi connectivity index (χ4n) is 1.58. The summed E-state index contributed by atoms with van der Waals surface area (Å²) in [5.41, 5.74) is -0.294. The van der Waals surface area contributed by atoms with Gasteiger partial charge in [0.1, 0.15) is 5.82 Å². The lowest BCUT2D eigenvalue weighted by molar-refractivity contribution is 0.0697. The predicted octanol–water partition coefficient (Wildman–Crippen LogP) is 2.61. The van der Waals surface area contributed by atoms with Gasteiger partial charge in [0.25, 0.3) is 0 Å². The zero-order valence-corrected chi connectivity index (χ0v) is 11.8. The number of carbonyl (C=O) groups is 2. The van der Waals surface area contributed by atoms with Crippen molar-refractivity contribution in [3.05, 3.63) is 45.7 Å². The number of benzene rings is 1. The number of hydrogen-bond acceptors (Lipinski definition) is 4. The summed E-state index contributed by atoms with van der Waals surface area (Å²) in [6.07, 6.45) is 1.64. The third-order valence-corrected chi connectivity index (χ3v) is 3.47. The van der Waals surface area contributed by atoms with Gasteiger partial charge in [-0.1, -0.05) is 0 Å². The van der Waals surface area contributed by atoms with Crippen LogP contribution >= 0.6 is 11.3 Å². The third-order valence-electron chi connectivity index (χ3n) is 2.55. The number of aryl methyl sites for hydroxylation is 1. The Morgan fingerprint density at radius 2 is 2.19 bits per heavy atom. The largest absolute Gasteiger partial charge is 0.478 e. The topological polar surface area (TPSA) is 91.3 Å². The quantitative estimate of drug-likeness (QED) is 0.809. The average molecular weight is 309 g/mol. The Kier molecular flexibility index (Phi) is 4.49. The van der Waals surface area contributed by atoms with Crippen LogP contribution in [0.1, 0.15) is 20.2 Å². The van der Waals surface area contributed by atoms with Crippen molar-refractivity contribution in [3.8, 4) is 0 Å². The highest BCUT2D eigenvalue weighted by atomic mass is 32.1. The number of halogens is 1. The van der Waals surface area contributed by atoms with Crippen LogP contribution in [0, 0.1) is 12.7 Å². The summed E-state index contributed by atoms with van der Waals surface area (Å²) >= 11 is 1.44. The van der Waals surface area contributed by atoms with Crippen LogP contribution in [-0.4, -0.2) is 22.1 Å². The van der Waals surface area contributed by atoms with Crippen molar-refractivity contribution in [3.63, 3.8) is 0 Å². The van der Waals surface area contributed by atoms with Crippen LogP contribution in [0.25, 0.3) is 0 Å². The number of amides is 2. The zero-order chi connectivity index (χ0) is 15.4. The molecule has 1 heterocycles. The maximum absolute atomic E-state index is 13.5. The molecule has 2 amide bonds. The number of carboxylic acids is 1. The Morgan fingerprint density at radius 3 is 2.81 bits per heavy atom. The van der Waals surface area contributed by atoms with Crippen molar-refractivity contribution >= 4 is 29.0 Å². The van der Waals surface area contributed by atoms with Crippen LogP contribution in [0.3, 0.4) is 0 Å².